The number of rotatable bonds is 5. The first kappa shape index (κ1) is 24.5. The van der Waals surface area contributed by atoms with Crippen molar-refractivity contribution >= 4 is 23.3 Å². The number of para-hydroxylation sites is 1. The monoisotopic (exact) mass is 450 g/mol. The molecule has 7 heteroatoms. The van der Waals surface area contributed by atoms with Gasteiger partial charge in [-0.05, 0) is 70.5 Å². The predicted molar refractivity (Wildman–Crippen MR) is 130 cm³/mol. The van der Waals surface area contributed by atoms with E-state index < -0.39 is 0 Å². The Morgan fingerprint density at radius 1 is 1.15 bits per heavy atom. The van der Waals surface area contributed by atoms with Crippen LogP contribution < -0.4 is 5.32 Å². The fraction of sp³-hybridized carbons (Fsp3) is 0.423. The van der Waals surface area contributed by atoms with Crippen LogP contribution in [0.25, 0.3) is 10.9 Å². The van der Waals surface area contributed by atoms with Gasteiger partial charge in [0, 0.05) is 24.0 Å². The zero-order valence-electron chi connectivity index (χ0n) is 20.0. The number of aromatic nitrogens is 2. The Bertz CT molecular complexity index is 1050. The molecule has 1 aliphatic rings. The molecular formula is C26H34N4O3. The highest BCUT2D eigenvalue weighted by molar-refractivity contribution is 5.94. The number of fused-ring (bicyclic) bond motifs is 1. The van der Waals surface area contributed by atoms with Crippen molar-refractivity contribution in [1.29, 1.82) is 0 Å². The molecule has 7 nitrogen and oxygen atoms in total. The molecule has 1 fully saturated rings. The van der Waals surface area contributed by atoms with Gasteiger partial charge < -0.3 is 15.0 Å². The lowest BCUT2D eigenvalue weighted by molar-refractivity contribution is -0.138. The van der Waals surface area contributed by atoms with Crippen molar-refractivity contribution in [2.75, 3.05) is 20.1 Å². The maximum atomic E-state index is 12.7. The second-order valence-electron chi connectivity index (χ2n) is 9.28. The van der Waals surface area contributed by atoms with Crippen LogP contribution in [0, 0.1) is 0 Å². The summed E-state index contributed by atoms with van der Waals surface area (Å²) in [5.41, 5.74) is 2.69. The number of benzene rings is 2. The van der Waals surface area contributed by atoms with Crippen molar-refractivity contribution in [3.05, 3.63) is 65.9 Å². The smallest absolute Gasteiger partial charge is 0.293 e. The Morgan fingerprint density at radius 2 is 1.82 bits per heavy atom. The quantitative estimate of drug-likeness (QED) is 0.597. The van der Waals surface area contributed by atoms with Crippen molar-refractivity contribution in [1.82, 2.24) is 20.0 Å². The van der Waals surface area contributed by atoms with Crippen LogP contribution in [-0.2, 0) is 16.1 Å². The third kappa shape index (κ3) is 6.89. The van der Waals surface area contributed by atoms with E-state index in [1.807, 2.05) is 80.0 Å². The molecule has 33 heavy (non-hydrogen) atoms. The van der Waals surface area contributed by atoms with Gasteiger partial charge in [-0.1, -0.05) is 30.3 Å². The van der Waals surface area contributed by atoms with E-state index in [0.717, 1.165) is 48.0 Å². The van der Waals surface area contributed by atoms with E-state index in [-0.39, 0.29) is 11.5 Å². The summed E-state index contributed by atoms with van der Waals surface area (Å²) in [6.45, 7) is 8.59. The van der Waals surface area contributed by atoms with Crippen LogP contribution in [0.2, 0.25) is 0 Å². The van der Waals surface area contributed by atoms with Crippen LogP contribution in [0.5, 0.6) is 0 Å². The Morgan fingerprint density at radius 3 is 2.42 bits per heavy atom. The molecule has 4 rings (SSSR count). The van der Waals surface area contributed by atoms with E-state index in [2.05, 4.69) is 27.3 Å². The first-order chi connectivity index (χ1) is 15.8. The summed E-state index contributed by atoms with van der Waals surface area (Å²) < 4.78 is 6.54. The number of carbonyl (C=O) groups excluding carboxylic acids is 2. The number of ether oxygens (including phenoxy) is 1. The molecule has 1 aromatic heterocycles. The van der Waals surface area contributed by atoms with Gasteiger partial charge in [0.15, 0.2) is 0 Å². The molecular weight excluding hydrogens is 416 g/mol. The molecule has 2 heterocycles. The number of amides is 1. The van der Waals surface area contributed by atoms with Gasteiger partial charge >= 0.3 is 0 Å². The number of piperidine rings is 1. The van der Waals surface area contributed by atoms with Crippen molar-refractivity contribution in [2.45, 2.75) is 51.8 Å². The van der Waals surface area contributed by atoms with E-state index in [1.54, 1.807) is 0 Å². The summed E-state index contributed by atoms with van der Waals surface area (Å²) in [5, 5.41) is 8.96. The van der Waals surface area contributed by atoms with Crippen LogP contribution in [0.4, 0.5) is 0 Å². The van der Waals surface area contributed by atoms with Crippen LogP contribution >= 0.6 is 0 Å². The molecule has 0 atom stereocenters. The van der Waals surface area contributed by atoms with Gasteiger partial charge in [0.05, 0.1) is 18.3 Å². The summed E-state index contributed by atoms with van der Waals surface area (Å²) >= 11 is 0. The second-order valence-corrected chi connectivity index (χ2v) is 9.28. The predicted octanol–water partition coefficient (Wildman–Crippen LogP) is 3.87. The molecule has 0 unspecified atom stereocenters. The fourth-order valence-electron chi connectivity index (χ4n) is 3.79. The summed E-state index contributed by atoms with van der Waals surface area (Å²) in [7, 11) is 1.92. The maximum Gasteiger partial charge on any atom is 0.293 e. The lowest BCUT2D eigenvalue weighted by Gasteiger charge is -2.31. The molecule has 0 bridgehead atoms. The third-order valence-electron chi connectivity index (χ3n) is 5.66. The van der Waals surface area contributed by atoms with Crippen LogP contribution in [0.15, 0.2) is 54.7 Å². The number of carbonyl (C=O) groups is 2. The molecule has 176 valence electrons. The average molecular weight is 451 g/mol. The highest BCUT2D eigenvalue weighted by atomic mass is 16.5. The zero-order chi connectivity index (χ0) is 23.8. The Balaban J connectivity index is 0.000000383. The molecule has 1 saturated heterocycles. The molecule has 2 aromatic carbocycles. The number of nitrogens with one attached hydrogen (secondary N) is 1. The second kappa shape index (κ2) is 11.1. The molecule has 0 spiro atoms. The normalized spacial score (nSPS) is 14.3. The van der Waals surface area contributed by atoms with Crippen molar-refractivity contribution < 1.29 is 14.3 Å². The van der Waals surface area contributed by atoms with Gasteiger partial charge in [-0.3, -0.25) is 14.3 Å². The largest absolute Gasteiger partial charge is 0.462 e. The van der Waals surface area contributed by atoms with Gasteiger partial charge in [-0.2, -0.15) is 5.10 Å². The first-order valence-electron chi connectivity index (χ1n) is 11.4. The van der Waals surface area contributed by atoms with Gasteiger partial charge in [0.25, 0.3) is 12.4 Å². The molecule has 1 amide bonds. The van der Waals surface area contributed by atoms with Crippen molar-refractivity contribution in [3.63, 3.8) is 0 Å². The van der Waals surface area contributed by atoms with Crippen LogP contribution in [0.3, 0.4) is 0 Å². The third-order valence-corrected chi connectivity index (χ3v) is 5.66. The van der Waals surface area contributed by atoms with Gasteiger partial charge in [0.1, 0.15) is 5.60 Å². The highest BCUT2D eigenvalue weighted by Crippen LogP contribution is 2.17. The van der Waals surface area contributed by atoms with Crippen LogP contribution in [-0.4, -0.2) is 58.8 Å². The minimum absolute atomic E-state index is 0.105. The van der Waals surface area contributed by atoms with Crippen molar-refractivity contribution in [2.24, 2.45) is 0 Å². The summed E-state index contributed by atoms with van der Waals surface area (Å²) in [6.07, 6.45) is 3.93. The highest BCUT2D eigenvalue weighted by Gasteiger charge is 2.22. The topological polar surface area (TPSA) is 76.5 Å². The van der Waals surface area contributed by atoms with E-state index in [9.17, 15) is 9.59 Å². The van der Waals surface area contributed by atoms with E-state index >= 15 is 0 Å². The fourth-order valence-corrected chi connectivity index (χ4v) is 3.79. The number of hydrogen-bond donors (Lipinski definition) is 1. The van der Waals surface area contributed by atoms with Crippen molar-refractivity contribution in [3.8, 4) is 0 Å². The zero-order valence-corrected chi connectivity index (χ0v) is 20.0. The van der Waals surface area contributed by atoms with E-state index in [1.165, 1.54) is 0 Å². The van der Waals surface area contributed by atoms with Gasteiger partial charge in [0.2, 0.25) is 0 Å². The van der Waals surface area contributed by atoms with Gasteiger partial charge in [-0.25, -0.2) is 0 Å². The average Bonchev–Trinajstić information content (AvgIpc) is 3.22. The summed E-state index contributed by atoms with van der Waals surface area (Å²) in [6, 6.07) is 16.4. The molecule has 1 aliphatic heterocycles. The molecule has 3 aromatic rings. The Hall–Kier alpha value is -3.19. The lowest BCUT2D eigenvalue weighted by Crippen LogP contribution is -2.43. The van der Waals surface area contributed by atoms with E-state index in [4.69, 9.17) is 0 Å². The standard InChI is InChI=1S/C21H24N4O.C5H10O2/c1-24(19-10-12-22-13-11-19)21(26)17-8-6-16(7-9-17)15-25-20-5-3-2-4-18(20)14-23-25;1-5(2,3)7-4-6/h2-9,14,19,22H,10-13,15H2,1H3;4H,1-3H3. The summed E-state index contributed by atoms with van der Waals surface area (Å²) in [4.78, 5) is 24.2. The molecule has 1 N–H and O–H groups in total. The Kier molecular flexibility index (Phi) is 8.22. The molecule has 0 aliphatic carbocycles. The Labute approximate surface area is 195 Å². The number of hydrogen-bond acceptors (Lipinski definition) is 5. The lowest BCUT2D eigenvalue weighted by atomic mass is 10.0. The SMILES string of the molecule is CC(C)(C)OC=O.CN(C(=O)c1ccc(Cn2ncc3ccccc32)cc1)C1CCNCC1. The number of nitrogens with zero attached hydrogens (tertiary/aromatic N) is 3. The first-order valence-corrected chi connectivity index (χ1v) is 11.4. The van der Waals surface area contributed by atoms with Crippen LogP contribution in [0.1, 0.15) is 49.5 Å². The van der Waals surface area contributed by atoms with Gasteiger partial charge in [-0.15, -0.1) is 0 Å². The summed E-state index contributed by atoms with van der Waals surface area (Å²) in [5.74, 6) is 0.105. The van der Waals surface area contributed by atoms with E-state index in [0.29, 0.717) is 19.1 Å². The molecule has 0 saturated carbocycles. The minimum atomic E-state index is -0.318. The molecule has 0 radical (unpaired) electrons. The maximum absolute atomic E-state index is 12.7. The minimum Gasteiger partial charge on any atom is -0.462 e.